The third-order valence-corrected chi connectivity index (χ3v) is 5.89. The zero-order valence-electron chi connectivity index (χ0n) is 15.8. The second kappa shape index (κ2) is 9.17. The van der Waals surface area contributed by atoms with Crippen molar-refractivity contribution in [3.63, 3.8) is 0 Å². The minimum atomic E-state index is 0.337. The lowest BCUT2D eigenvalue weighted by atomic mass is 9.93. The molecule has 1 aliphatic heterocycles. The van der Waals surface area contributed by atoms with Gasteiger partial charge in [0.05, 0.1) is 16.1 Å². The molecule has 1 atom stereocenters. The molecular formula is C22H25Cl2N3O. The Morgan fingerprint density at radius 2 is 2.11 bits per heavy atom. The molecule has 0 radical (unpaired) electrons. The molecule has 0 aliphatic carbocycles. The molecule has 1 unspecified atom stereocenters. The summed E-state index contributed by atoms with van der Waals surface area (Å²) in [6, 6.07) is 11.6. The van der Waals surface area contributed by atoms with Gasteiger partial charge in [0.1, 0.15) is 18.2 Å². The molecule has 0 amide bonds. The topological polar surface area (TPSA) is 49.9 Å². The summed E-state index contributed by atoms with van der Waals surface area (Å²) >= 11 is 12.1. The Balaban J connectivity index is 1.40. The number of aryl methyl sites for hydroxylation is 1. The van der Waals surface area contributed by atoms with Crippen LogP contribution < -0.4 is 10.1 Å². The third-order valence-electron chi connectivity index (χ3n) is 5.36. The van der Waals surface area contributed by atoms with E-state index in [9.17, 15) is 0 Å². The van der Waals surface area contributed by atoms with Gasteiger partial charge in [-0.15, -0.1) is 0 Å². The Kier molecular flexibility index (Phi) is 6.40. The summed E-state index contributed by atoms with van der Waals surface area (Å²) in [6.45, 7) is 2.68. The van der Waals surface area contributed by atoms with E-state index in [0.29, 0.717) is 22.4 Å². The minimum absolute atomic E-state index is 0.337. The maximum atomic E-state index is 6.18. The molecule has 3 aromatic rings. The van der Waals surface area contributed by atoms with Crippen molar-refractivity contribution in [2.24, 2.45) is 5.92 Å². The highest BCUT2D eigenvalue weighted by molar-refractivity contribution is 6.35. The van der Waals surface area contributed by atoms with Crippen molar-refractivity contribution in [2.45, 2.75) is 38.7 Å². The van der Waals surface area contributed by atoms with E-state index in [-0.39, 0.29) is 0 Å². The molecule has 1 aromatic heterocycles. The van der Waals surface area contributed by atoms with Crippen LogP contribution in [0.2, 0.25) is 10.0 Å². The van der Waals surface area contributed by atoms with Crippen LogP contribution in [-0.4, -0.2) is 23.1 Å². The van der Waals surface area contributed by atoms with E-state index in [4.69, 9.17) is 32.9 Å². The van der Waals surface area contributed by atoms with E-state index in [2.05, 4.69) is 28.5 Å². The van der Waals surface area contributed by atoms with E-state index in [1.54, 1.807) is 18.2 Å². The third kappa shape index (κ3) is 4.80. The van der Waals surface area contributed by atoms with Crippen molar-refractivity contribution in [1.29, 1.82) is 0 Å². The zero-order valence-corrected chi connectivity index (χ0v) is 17.3. The quantitative estimate of drug-likeness (QED) is 0.512. The fraction of sp³-hybridized carbons (Fsp3) is 0.409. The summed E-state index contributed by atoms with van der Waals surface area (Å²) in [6.07, 6.45) is 6.19. The fourth-order valence-corrected chi connectivity index (χ4v) is 4.37. The number of rotatable bonds is 7. The van der Waals surface area contributed by atoms with Crippen LogP contribution in [0, 0.1) is 5.92 Å². The Morgan fingerprint density at radius 1 is 1.18 bits per heavy atom. The van der Waals surface area contributed by atoms with Gasteiger partial charge in [-0.1, -0.05) is 35.3 Å². The zero-order chi connectivity index (χ0) is 19.3. The Morgan fingerprint density at radius 3 is 2.93 bits per heavy atom. The average molecular weight is 418 g/mol. The van der Waals surface area contributed by atoms with Crippen LogP contribution in [0.4, 0.5) is 0 Å². The molecule has 0 bridgehead atoms. The van der Waals surface area contributed by atoms with Gasteiger partial charge in [0.2, 0.25) is 0 Å². The molecule has 6 heteroatoms. The largest absolute Gasteiger partial charge is 0.484 e. The lowest BCUT2D eigenvalue weighted by molar-refractivity contribution is 0.297. The predicted molar refractivity (Wildman–Crippen MR) is 115 cm³/mol. The number of aromatic amines is 1. The van der Waals surface area contributed by atoms with Crippen LogP contribution in [0.1, 0.15) is 37.1 Å². The van der Waals surface area contributed by atoms with Crippen LogP contribution in [0.25, 0.3) is 11.0 Å². The van der Waals surface area contributed by atoms with Gasteiger partial charge in [-0.25, -0.2) is 4.98 Å². The summed E-state index contributed by atoms with van der Waals surface area (Å²) in [5.74, 6) is 2.22. The first kappa shape index (κ1) is 19.6. The number of fused-ring (bicyclic) bond motifs is 1. The maximum Gasteiger partial charge on any atom is 0.146 e. The lowest BCUT2D eigenvalue weighted by Gasteiger charge is -2.22. The number of para-hydroxylation sites is 1. The Bertz CT molecular complexity index is 935. The summed E-state index contributed by atoms with van der Waals surface area (Å²) in [5.41, 5.74) is 3.40. The first-order valence-electron chi connectivity index (χ1n) is 9.94. The van der Waals surface area contributed by atoms with E-state index >= 15 is 0 Å². The molecule has 1 fully saturated rings. The molecule has 28 heavy (non-hydrogen) atoms. The summed E-state index contributed by atoms with van der Waals surface area (Å²) in [4.78, 5) is 8.14. The molecule has 1 saturated heterocycles. The molecule has 0 saturated carbocycles. The molecule has 2 heterocycles. The van der Waals surface area contributed by atoms with Gasteiger partial charge in [0, 0.05) is 5.02 Å². The van der Waals surface area contributed by atoms with E-state index in [1.807, 2.05) is 0 Å². The van der Waals surface area contributed by atoms with Crippen molar-refractivity contribution in [3.8, 4) is 5.75 Å². The first-order chi connectivity index (χ1) is 13.7. The number of nitrogens with one attached hydrogen (secondary N) is 2. The van der Waals surface area contributed by atoms with Gasteiger partial charge < -0.3 is 15.0 Å². The molecular weight excluding hydrogens is 393 g/mol. The van der Waals surface area contributed by atoms with Crippen LogP contribution in [0.3, 0.4) is 0 Å². The normalized spacial score (nSPS) is 17.1. The van der Waals surface area contributed by atoms with E-state index in [0.717, 1.165) is 29.2 Å². The van der Waals surface area contributed by atoms with Crippen LogP contribution >= 0.6 is 23.2 Å². The van der Waals surface area contributed by atoms with E-state index < -0.39 is 0 Å². The summed E-state index contributed by atoms with van der Waals surface area (Å²) < 4.78 is 5.82. The van der Waals surface area contributed by atoms with Crippen molar-refractivity contribution >= 4 is 34.2 Å². The fourth-order valence-electron chi connectivity index (χ4n) is 3.90. The van der Waals surface area contributed by atoms with Crippen molar-refractivity contribution in [1.82, 2.24) is 15.3 Å². The Labute approximate surface area is 175 Å². The number of piperidine rings is 1. The van der Waals surface area contributed by atoms with Crippen LogP contribution in [0.15, 0.2) is 36.4 Å². The maximum absolute atomic E-state index is 6.18. The van der Waals surface area contributed by atoms with Gasteiger partial charge in [-0.2, -0.15) is 0 Å². The second-order valence-electron chi connectivity index (χ2n) is 7.46. The molecule has 2 aromatic carbocycles. The smallest absolute Gasteiger partial charge is 0.146 e. The SMILES string of the molecule is Clc1ccc(OCc2nc3c(CCCC4CCCNC4)cccc3[nH]2)c(Cl)c1. The van der Waals surface area contributed by atoms with Gasteiger partial charge in [-0.3, -0.25) is 0 Å². The van der Waals surface area contributed by atoms with Gasteiger partial charge in [0.25, 0.3) is 0 Å². The monoisotopic (exact) mass is 417 g/mol. The van der Waals surface area contributed by atoms with Crippen molar-refractivity contribution in [2.75, 3.05) is 13.1 Å². The first-order valence-corrected chi connectivity index (χ1v) is 10.7. The standard InChI is InChI=1S/C22H25Cl2N3O/c23-17-9-10-20(18(24)12-17)28-14-21-26-19-8-2-7-16(22(19)27-21)6-1-4-15-5-3-11-25-13-15/h2,7-10,12,15,25H,1,3-6,11,13-14H2,(H,26,27). The molecule has 2 N–H and O–H groups in total. The van der Waals surface area contributed by atoms with Gasteiger partial charge in [0.15, 0.2) is 0 Å². The number of hydrogen-bond donors (Lipinski definition) is 2. The van der Waals surface area contributed by atoms with E-state index in [1.165, 1.54) is 44.3 Å². The number of imidazole rings is 1. The lowest BCUT2D eigenvalue weighted by Crippen LogP contribution is -2.29. The second-order valence-corrected chi connectivity index (χ2v) is 8.31. The molecule has 4 nitrogen and oxygen atoms in total. The van der Waals surface area contributed by atoms with Gasteiger partial charge in [-0.05, 0) is 80.9 Å². The number of ether oxygens (including phenoxy) is 1. The van der Waals surface area contributed by atoms with Gasteiger partial charge >= 0.3 is 0 Å². The van der Waals surface area contributed by atoms with Crippen molar-refractivity contribution < 1.29 is 4.74 Å². The highest BCUT2D eigenvalue weighted by atomic mass is 35.5. The summed E-state index contributed by atoms with van der Waals surface area (Å²) in [7, 11) is 0. The minimum Gasteiger partial charge on any atom is -0.484 e. The number of aromatic nitrogens is 2. The molecule has 148 valence electrons. The molecule has 4 rings (SSSR count). The Hall–Kier alpha value is -1.75. The molecule has 1 aliphatic rings. The number of nitrogens with zero attached hydrogens (tertiary/aromatic N) is 1. The number of halogens is 2. The molecule has 0 spiro atoms. The summed E-state index contributed by atoms with van der Waals surface area (Å²) in [5, 5.41) is 4.60. The number of H-pyrrole nitrogens is 1. The highest BCUT2D eigenvalue weighted by Gasteiger charge is 2.13. The predicted octanol–water partition coefficient (Wildman–Crippen LogP) is 5.77. The average Bonchev–Trinajstić information content (AvgIpc) is 3.12. The van der Waals surface area contributed by atoms with Crippen LogP contribution in [0.5, 0.6) is 5.75 Å². The number of hydrogen-bond acceptors (Lipinski definition) is 3. The van der Waals surface area contributed by atoms with Crippen molar-refractivity contribution in [3.05, 3.63) is 57.8 Å². The number of benzene rings is 2. The van der Waals surface area contributed by atoms with Crippen LogP contribution in [-0.2, 0) is 13.0 Å². The highest BCUT2D eigenvalue weighted by Crippen LogP contribution is 2.28.